The molecule has 0 aliphatic carbocycles. The number of rotatable bonds is 4. The van der Waals surface area contributed by atoms with Crippen LogP contribution in [0.4, 0.5) is 13.2 Å². The van der Waals surface area contributed by atoms with Crippen LogP contribution in [0.3, 0.4) is 0 Å². The third kappa shape index (κ3) is 3.46. The van der Waals surface area contributed by atoms with Crippen LogP contribution >= 0.6 is 0 Å². The van der Waals surface area contributed by atoms with E-state index in [1.165, 1.54) is 11.9 Å². The Morgan fingerprint density at radius 3 is 2.67 bits per heavy atom. The second kappa shape index (κ2) is 5.38. The first-order chi connectivity index (χ1) is 8.25. The maximum atomic E-state index is 12.3. The third-order valence-electron chi connectivity index (χ3n) is 2.55. The highest BCUT2D eigenvalue weighted by molar-refractivity contribution is 5.75. The van der Waals surface area contributed by atoms with Gasteiger partial charge < -0.3 is 10.0 Å². The maximum Gasteiger partial charge on any atom is 0.435 e. The van der Waals surface area contributed by atoms with E-state index in [0.29, 0.717) is 0 Å². The van der Waals surface area contributed by atoms with Gasteiger partial charge in [0.25, 0.3) is 0 Å². The average Bonchev–Trinajstić information content (AvgIpc) is 2.75. The van der Waals surface area contributed by atoms with Crippen molar-refractivity contribution in [3.8, 4) is 0 Å². The largest absolute Gasteiger partial charge is 0.435 e. The van der Waals surface area contributed by atoms with Gasteiger partial charge in [0.05, 0.1) is 12.6 Å². The van der Waals surface area contributed by atoms with Gasteiger partial charge in [-0.15, -0.1) is 0 Å². The lowest BCUT2D eigenvalue weighted by atomic mass is 10.3. The van der Waals surface area contributed by atoms with Gasteiger partial charge in [0.15, 0.2) is 5.69 Å². The highest BCUT2D eigenvalue weighted by Gasteiger charge is 2.33. The first-order valence-corrected chi connectivity index (χ1v) is 5.23. The number of aliphatic hydroxyl groups is 1. The Kier molecular flexibility index (Phi) is 4.33. The molecule has 5 nitrogen and oxygen atoms in total. The average molecular weight is 265 g/mol. The fraction of sp³-hybridized carbons (Fsp3) is 0.600. The second-order valence-electron chi connectivity index (χ2n) is 3.93. The van der Waals surface area contributed by atoms with E-state index in [9.17, 15) is 18.0 Å². The molecule has 0 bridgehead atoms. The molecule has 1 N–H and O–H groups in total. The van der Waals surface area contributed by atoms with Gasteiger partial charge in [-0.1, -0.05) is 0 Å². The molecule has 0 saturated carbocycles. The van der Waals surface area contributed by atoms with Crippen LogP contribution in [0, 0.1) is 0 Å². The van der Waals surface area contributed by atoms with Crippen LogP contribution in [0.1, 0.15) is 12.6 Å². The molecule has 1 amide bonds. The van der Waals surface area contributed by atoms with Crippen molar-refractivity contribution < 1.29 is 23.1 Å². The van der Waals surface area contributed by atoms with E-state index in [4.69, 9.17) is 5.11 Å². The molecule has 1 atom stereocenters. The molecule has 0 aliphatic rings. The number of amides is 1. The molecule has 0 fully saturated rings. The van der Waals surface area contributed by atoms with E-state index in [1.807, 2.05) is 0 Å². The van der Waals surface area contributed by atoms with Crippen LogP contribution < -0.4 is 0 Å². The number of alkyl halides is 3. The Hall–Kier alpha value is -1.57. The van der Waals surface area contributed by atoms with Crippen LogP contribution in [0.2, 0.25) is 0 Å². The van der Waals surface area contributed by atoms with Gasteiger partial charge >= 0.3 is 6.18 Å². The monoisotopic (exact) mass is 265 g/mol. The van der Waals surface area contributed by atoms with Gasteiger partial charge in [-0.05, 0) is 13.0 Å². The lowest BCUT2D eigenvalue weighted by Gasteiger charge is -2.23. The van der Waals surface area contributed by atoms with Crippen LogP contribution in [0.15, 0.2) is 12.3 Å². The maximum absolute atomic E-state index is 12.3. The molecule has 102 valence electrons. The normalized spacial score (nSPS) is 13.4. The van der Waals surface area contributed by atoms with Crippen molar-refractivity contribution in [3.05, 3.63) is 18.0 Å². The van der Waals surface area contributed by atoms with Crippen molar-refractivity contribution in [2.45, 2.75) is 25.7 Å². The van der Waals surface area contributed by atoms with Crippen molar-refractivity contribution >= 4 is 5.91 Å². The summed E-state index contributed by atoms with van der Waals surface area (Å²) in [7, 11) is 1.47. The minimum atomic E-state index is -4.52. The van der Waals surface area contributed by atoms with E-state index in [-0.39, 0.29) is 13.2 Å². The summed E-state index contributed by atoms with van der Waals surface area (Å²) < 4.78 is 37.7. The molecule has 0 aromatic carbocycles. The summed E-state index contributed by atoms with van der Waals surface area (Å²) in [6, 6.07) is 0.415. The fourth-order valence-electron chi connectivity index (χ4n) is 1.22. The van der Waals surface area contributed by atoms with Crippen LogP contribution in [0.5, 0.6) is 0 Å². The molecule has 1 rings (SSSR count). The zero-order valence-corrected chi connectivity index (χ0v) is 9.98. The zero-order chi connectivity index (χ0) is 13.9. The van der Waals surface area contributed by atoms with E-state index in [2.05, 4.69) is 5.10 Å². The molecule has 0 radical (unpaired) electrons. The summed E-state index contributed by atoms with van der Waals surface area (Å²) in [5.74, 6) is -0.423. The van der Waals surface area contributed by atoms with E-state index in [0.717, 1.165) is 16.9 Å². The summed E-state index contributed by atoms with van der Waals surface area (Å²) in [4.78, 5) is 12.9. The second-order valence-corrected chi connectivity index (χ2v) is 3.93. The third-order valence-corrected chi connectivity index (χ3v) is 2.55. The van der Waals surface area contributed by atoms with Crippen LogP contribution in [-0.4, -0.2) is 45.4 Å². The first-order valence-electron chi connectivity index (χ1n) is 5.23. The predicted octanol–water partition coefficient (Wildman–Crippen LogP) is 0.741. The molecule has 1 unspecified atom stereocenters. The lowest BCUT2D eigenvalue weighted by molar-refractivity contribution is -0.142. The van der Waals surface area contributed by atoms with Crippen molar-refractivity contribution in [2.75, 3.05) is 13.7 Å². The standard InChI is InChI=1S/C10H14F3N3O2/c1-7(6-17)15(2)9(18)5-16-4-3-8(14-16)10(11,12)13/h3-4,7,17H,5-6H2,1-2H3. The van der Waals surface area contributed by atoms with Gasteiger partial charge in [0, 0.05) is 13.2 Å². The van der Waals surface area contributed by atoms with Crippen molar-refractivity contribution in [1.82, 2.24) is 14.7 Å². The highest BCUT2D eigenvalue weighted by atomic mass is 19.4. The topological polar surface area (TPSA) is 58.4 Å². The Balaban J connectivity index is 2.68. The van der Waals surface area contributed by atoms with Crippen molar-refractivity contribution in [2.24, 2.45) is 0 Å². The van der Waals surface area contributed by atoms with Gasteiger partial charge in [0.2, 0.25) is 5.91 Å². The van der Waals surface area contributed by atoms with Gasteiger partial charge in [0.1, 0.15) is 6.54 Å². The zero-order valence-electron chi connectivity index (χ0n) is 9.98. The van der Waals surface area contributed by atoms with Gasteiger partial charge in [-0.2, -0.15) is 18.3 Å². The number of likely N-dealkylation sites (N-methyl/N-ethyl adjacent to an activating group) is 1. The molecule has 1 heterocycles. The Morgan fingerprint density at radius 2 is 2.22 bits per heavy atom. The van der Waals surface area contributed by atoms with Gasteiger partial charge in [-0.25, -0.2) is 0 Å². The fourth-order valence-corrected chi connectivity index (χ4v) is 1.22. The van der Waals surface area contributed by atoms with E-state index < -0.39 is 23.8 Å². The minimum Gasteiger partial charge on any atom is -0.394 e. The summed E-state index contributed by atoms with van der Waals surface area (Å²) in [5, 5.41) is 12.1. The molecule has 0 spiro atoms. The molecule has 0 aliphatic heterocycles. The Bertz CT molecular complexity index is 417. The summed E-state index contributed by atoms with van der Waals surface area (Å²) in [6.07, 6.45) is -3.42. The quantitative estimate of drug-likeness (QED) is 0.873. The van der Waals surface area contributed by atoms with Crippen LogP contribution in [0.25, 0.3) is 0 Å². The molecule has 0 saturated heterocycles. The number of aromatic nitrogens is 2. The summed E-state index contributed by atoms with van der Waals surface area (Å²) in [6.45, 7) is 1.12. The molecule has 8 heteroatoms. The molecule has 1 aromatic rings. The number of hydrogen-bond acceptors (Lipinski definition) is 3. The summed E-state index contributed by atoms with van der Waals surface area (Å²) in [5.41, 5.74) is -1.03. The smallest absolute Gasteiger partial charge is 0.394 e. The number of carbonyl (C=O) groups is 1. The molecule has 18 heavy (non-hydrogen) atoms. The van der Waals surface area contributed by atoms with E-state index in [1.54, 1.807) is 6.92 Å². The molecular formula is C10H14F3N3O2. The number of halogens is 3. The number of aliphatic hydroxyl groups excluding tert-OH is 1. The predicted molar refractivity (Wildman–Crippen MR) is 56.5 cm³/mol. The Morgan fingerprint density at radius 1 is 1.61 bits per heavy atom. The van der Waals surface area contributed by atoms with Crippen molar-refractivity contribution in [3.63, 3.8) is 0 Å². The van der Waals surface area contributed by atoms with Gasteiger partial charge in [-0.3, -0.25) is 9.48 Å². The molecular weight excluding hydrogens is 251 g/mol. The van der Waals surface area contributed by atoms with E-state index >= 15 is 0 Å². The lowest BCUT2D eigenvalue weighted by Crippen LogP contribution is -2.39. The summed E-state index contributed by atoms with van der Waals surface area (Å²) >= 11 is 0. The number of nitrogens with zero attached hydrogens (tertiary/aromatic N) is 3. The van der Waals surface area contributed by atoms with Crippen molar-refractivity contribution in [1.29, 1.82) is 0 Å². The number of hydrogen-bond donors (Lipinski definition) is 1. The van der Waals surface area contributed by atoms with Crippen LogP contribution in [-0.2, 0) is 17.5 Å². The highest BCUT2D eigenvalue weighted by Crippen LogP contribution is 2.27. The minimum absolute atomic E-state index is 0.213. The first kappa shape index (κ1) is 14.5. The Labute approximate surface area is 102 Å². The molecule has 1 aromatic heterocycles. The SMILES string of the molecule is CC(CO)N(C)C(=O)Cn1ccc(C(F)(F)F)n1. The number of carbonyl (C=O) groups excluding carboxylic acids is 1.